The highest BCUT2D eigenvalue weighted by molar-refractivity contribution is 9.11. The Morgan fingerprint density at radius 3 is 2.44 bits per heavy atom. The number of unbranched alkanes of at least 4 members (excludes halogenated alkanes) is 1. The summed E-state index contributed by atoms with van der Waals surface area (Å²) in [5.41, 5.74) is 1.82. The Labute approximate surface area is 279 Å². The van der Waals surface area contributed by atoms with Gasteiger partial charge >= 0.3 is 5.97 Å². The van der Waals surface area contributed by atoms with E-state index < -0.39 is 29.6 Å². The van der Waals surface area contributed by atoms with Crippen LogP contribution in [-0.4, -0.2) is 41.1 Å². The van der Waals surface area contributed by atoms with Crippen molar-refractivity contribution in [2.24, 2.45) is 0 Å². The standard InChI is InChI=1S/C30H24Br2Cl2N2O6S/c1-2-3-10-41-29(39)20-14-19(8-9-24(20)34)35-26(37)15-36-28(38)25(43-30(36)40)13-17-11-21(31)27(22(32)12-17)42-16-18-6-4-5-7-23(18)33/h4-9,11-14H,2-3,10,15-16H2,1H3,(H,35,37)/b25-13+. The van der Waals surface area contributed by atoms with Gasteiger partial charge in [-0.1, -0.05) is 54.7 Å². The number of hydrogen-bond donors (Lipinski definition) is 1. The largest absolute Gasteiger partial charge is 0.486 e. The van der Waals surface area contributed by atoms with E-state index in [1.165, 1.54) is 18.2 Å². The van der Waals surface area contributed by atoms with Gasteiger partial charge in [-0.3, -0.25) is 19.3 Å². The summed E-state index contributed by atoms with van der Waals surface area (Å²) in [5, 5.41) is 2.78. The number of carbonyl (C=O) groups is 4. The average molecular weight is 771 g/mol. The van der Waals surface area contributed by atoms with Crippen LogP contribution in [0.1, 0.15) is 41.3 Å². The quantitative estimate of drug-likeness (QED) is 0.118. The molecular weight excluding hydrogens is 747 g/mol. The van der Waals surface area contributed by atoms with Crippen LogP contribution in [0.2, 0.25) is 10.0 Å². The van der Waals surface area contributed by atoms with Gasteiger partial charge in [0.1, 0.15) is 18.9 Å². The van der Waals surface area contributed by atoms with E-state index in [4.69, 9.17) is 32.7 Å². The van der Waals surface area contributed by atoms with Gasteiger partial charge in [0.25, 0.3) is 11.1 Å². The van der Waals surface area contributed by atoms with E-state index in [9.17, 15) is 19.2 Å². The summed E-state index contributed by atoms with van der Waals surface area (Å²) in [7, 11) is 0. The Kier molecular flexibility index (Phi) is 11.7. The molecule has 8 nitrogen and oxygen atoms in total. The third kappa shape index (κ3) is 8.63. The van der Waals surface area contributed by atoms with Crippen molar-refractivity contribution in [1.82, 2.24) is 4.90 Å². The maximum absolute atomic E-state index is 13.0. The van der Waals surface area contributed by atoms with Crippen LogP contribution in [0.25, 0.3) is 6.08 Å². The highest BCUT2D eigenvalue weighted by Crippen LogP contribution is 2.38. The second-order valence-electron chi connectivity index (χ2n) is 9.19. The zero-order valence-electron chi connectivity index (χ0n) is 22.6. The maximum atomic E-state index is 13.0. The molecule has 224 valence electrons. The summed E-state index contributed by atoms with van der Waals surface area (Å²) in [6.45, 7) is 1.96. The molecule has 1 heterocycles. The maximum Gasteiger partial charge on any atom is 0.339 e. The van der Waals surface area contributed by atoms with Crippen LogP contribution in [-0.2, 0) is 20.9 Å². The summed E-state index contributed by atoms with van der Waals surface area (Å²) >= 11 is 20.1. The molecule has 1 fully saturated rings. The molecule has 0 radical (unpaired) electrons. The monoisotopic (exact) mass is 768 g/mol. The topological polar surface area (TPSA) is 102 Å². The number of nitrogens with zero attached hydrogens (tertiary/aromatic N) is 1. The van der Waals surface area contributed by atoms with E-state index in [0.29, 0.717) is 31.7 Å². The fourth-order valence-corrected chi connectivity index (χ4v) is 6.52. The van der Waals surface area contributed by atoms with Gasteiger partial charge in [0.15, 0.2) is 0 Å². The summed E-state index contributed by atoms with van der Waals surface area (Å²) in [4.78, 5) is 51.8. The zero-order chi connectivity index (χ0) is 31.1. The molecule has 1 saturated heterocycles. The Balaban J connectivity index is 1.41. The lowest BCUT2D eigenvalue weighted by molar-refractivity contribution is -0.127. The SMILES string of the molecule is CCCCOC(=O)c1cc(NC(=O)CN2C(=O)S/C(=C/c3cc(Br)c(OCc4ccccc4Cl)c(Br)c3)C2=O)ccc1Cl. The minimum atomic E-state index is -0.623. The molecule has 3 amide bonds. The van der Waals surface area contributed by atoms with Gasteiger partial charge in [-0.25, -0.2) is 4.79 Å². The average Bonchev–Trinajstić information content (AvgIpc) is 3.21. The molecule has 43 heavy (non-hydrogen) atoms. The number of esters is 1. The molecule has 0 spiro atoms. The van der Waals surface area contributed by atoms with Crippen molar-refractivity contribution in [2.45, 2.75) is 26.4 Å². The van der Waals surface area contributed by atoms with Gasteiger partial charge in [-0.05, 0) is 98.1 Å². The number of benzene rings is 3. The van der Waals surface area contributed by atoms with E-state index in [-0.39, 0.29) is 34.4 Å². The van der Waals surface area contributed by atoms with E-state index in [2.05, 4.69) is 37.2 Å². The van der Waals surface area contributed by atoms with Gasteiger partial charge in [-0.2, -0.15) is 0 Å². The zero-order valence-corrected chi connectivity index (χ0v) is 28.1. The summed E-state index contributed by atoms with van der Waals surface area (Å²) in [6.07, 6.45) is 3.14. The van der Waals surface area contributed by atoms with E-state index in [0.717, 1.165) is 28.6 Å². The van der Waals surface area contributed by atoms with Crippen LogP contribution in [0.3, 0.4) is 0 Å². The molecule has 3 aromatic carbocycles. The number of halogens is 4. The third-order valence-corrected chi connectivity index (χ3v) is 8.81. The fourth-order valence-electron chi connectivity index (χ4n) is 3.84. The molecular formula is C30H24Br2Cl2N2O6S. The minimum Gasteiger partial charge on any atom is -0.486 e. The fraction of sp³-hybridized carbons (Fsp3) is 0.200. The molecule has 1 aliphatic rings. The molecule has 0 aliphatic carbocycles. The molecule has 0 unspecified atom stereocenters. The van der Waals surface area contributed by atoms with Crippen molar-refractivity contribution < 1.29 is 28.7 Å². The number of hydrogen-bond acceptors (Lipinski definition) is 7. The van der Waals surface area contributed by atoms with Crippen molar-refractivity contribution in [3.8, 4) is 5.75 Å². The van der Waals surface area contributed by atoms with Crippen molar-refractivity contribution in [1.29, 1.82) is 0 Å². The number of carbonyl (C=O) groups excluding carboxylic acids is 4. The molecule has 3 aromatic rings. The number of anilines is 1. The lowest BCUT2D eigenvalue weighted by atomic mass is 10.2. The Morgan fingerprint density at radius 1 is 1.02 bits per heavy atom. The van der Waals surface area contributed by atoms with E-state index in [1.54, 1.807) is 24.3 Å². The highest BCUT2D eigenvalue weighted by atomic mass is 79.9. The minimum absolute atomic E-state index is 0.0993. The van der Waals surface area contributed by atoms with Gasteiger partial charge < -0.3 is 14.8 Å². The first-order valence-corrected chi connectivity index (χ1v) is 16.1. The summed E-state index contributed by atoms with van der Waals surface area (Å²) in [6, 6.07) is 15.2. The number of thioether (sulfide) groups is 1. The van der Waals surface area contributed by atoms with Crippen LogP contribution in [0.5, 0.6) is 5.75 Å². The lowest BCUT2D eigenvalue weighted by Crippen LogP contribution is -2.36. The number of ether oxygens (including phenoxy) is 2. The van der Waals surface area contributed by atoms with Crippen LogP contribution in [0.4, 0.5) is 10.5 Å². The first-order chi connectivity index (χ1) is 20.6. The molecule has 0 aromatic heterocycles. The van der Waals surface area contributed by atoms with E-state index in [1.807, 2.05) is 25.1 Å². The molecule has 13 heteroatoms. The normalized spacial score (nSPS) is 13.9. The van der Waals surface area contributed by atoms with Gasteiger partial charge in [0, 0.05) is 16.3 Å². The summed E-state index contributed by atoms with van der Waals surface area (Å²) < 4.78 is 12.4. The van der Waals surface area contributed by atoms with Gasteiger partial charge in [0.2, 0.25) is 5.91 Å². The van der Waals surface area contributed by atoms with Crippen LogP contribution >= 0.6 is 66.8 Å². The van der Waals surface area contributed by atoms with E-state index >= 15 is 0 Å². The van der Waals surface area contributed by atoms with Crippen molar-refractivity contribution in [3.05, 3.63) is 95.2 Å². The molecule has 4 rings (SSSR count). The first-order valence-electron chi connectivity index (χ1n) is 12.9. The summed E-state index contributed by atoms with van der Waals surface area (Å²) in [5.74, 6) is -1.29. The van der Waals surface area contributed by atoms with Crippen LogP contribution < -0.4 is 10.1 Å². The third-order valence-electron chi connectivity index (χ3n) is 6.02. The van der Waals surface area contributed by atoms with Crippen LogP contribution in [0, 0.1) is 0 Å². The van der Waals surface area contributed by atoms with Crippen molar-refractivity contribution >= 4 is 102 Å². The van der Waals surface area contributed by atoms with Crippen molar-refractivity contribution in [2.75, 3.05) is 18.5 Å². The number of imide groups is 1. The van der Waals surface area contributed by atoms with Crippen LogP contribution in [0.15, 0.2) is 68.4 Å². The molecule has 1 N–H and O–H groups in total. The lowest BCUT2D eigenvalue weighted by Gasteiger charge is -2.13. The Hall–Kier alpha value is -2.83. The van der Waals surface area contributed by atoms with Gasteiger partial charge in [0.05, 0.1) is 31.0 Å². The molecule has 0 atom stereocenters. The molecule has 1 aliphatic heterocycles. The number of amides is 3. The second-order valence-corrected chi connectivity index (χ2v) is 12.7. The van der Waals surface area contributed by atoms with Gasteiger partial charge in [-0.15, -0.1) is 0 Å². The first kappa shape index (κ1) is 33.1. The Bertz CT molecular complexity index is 1590. The predicted octanol–water partition coefficient (Wildman–Crippen LogP) is 8.73. The number of rotatable bonds is 11. The second kappa shape index (κ2) is 15.3. The molecule has 0 bridgehead atoms. The predicted molar refractivity (Wildman–Crippen MR) is 176 cm³/mol. The Morgan fingerprint density at radius 2 is 1.74 bits per heavy atom. The molecule has 0 saturated carbocycles. The number of nitrogens with one attached hydrogen (secondary N) is 1. The highest BCUT2D eigenvalue weighted by Gasteiger charge is 2.36. The van der Waals surface area contributed by atoms with Crippen molar-refractivity contribution in [3.63, 3.8) is 0 Å². The smallest absolute Gasteiger partial charge is 0.339 e.